The average molecular weight is 325 g/mol. The van der Waals surface area contributed by atoms with Crippen molar-refractivity contribution in [3.05, 3.63) is 69.2 Å². The van der Waals surface area contributed by atoms with E-state index in [1.807, 2.05) is 30.3 Å². The fourth-order valence-electron chi connectivity index (χ4n) is 1.84. The summed E-state index contributed by atoms with van der Waals surface area (Å²) in [5.41, 5.74) is 2.38. The Morgan fingerprint density at radius 1 is 1.11 bits per heavy atom. The van der Waals surface area contributed by atoms with Gasteiger partial charge < -0.3 is 5.32 Å². The van der Waals surface area contributed by atoms with Crippen LogP contribution in [-0.4, -0.2) is 0 Å². The third kappa shape index (κ3) is 3.35. The third-order valence-electron chi connectivity index (χ3n) is 2.93. The number of benzene rings is 2. The van der Waals surface area contributed by atoms with Gasteiger partial charge in [-0.05, 0) is 30.2 Å². The van der Waals surface area contributed by atoms with Gasteiger partial charge in [0.15, 0.2) is 0 Å². The second-order valence-electron chi connectivity index (χ2n) is 4.22. The van der Waals surface area contributed by atoms with E-state index in [-0.39, 0.29) is 6.04 Å². The van der Waals surface area contributed by atoms with Crippen LogP contribution in [0, 0.1) is 0 Å². The van der Waals surface area contributed by atoms with E-state index >= 15 is 0 Å². The van der Waals surface area contributed by atoms with Gasteiger partial charge in [0.05, 0.1) is 0 Å². The summed E-state index contributed by atoms with van der Waals surface area (Å²) in [5, 5.41) is 4.29. The number of rotatable bonds is 4. The Bertz CT molecular complexity index is 527. The summed E-state index contributed by atoms with van der Waals surface area (Å²) >= 11 is 9.73. The molecule has 0 aliphatic carbocycles. The van der Waals surface area contributed by atoms with E-state index in [0.717, 1.165) is 21.6 Å². The molecule has 2 aromatic rings. The molecule has 3 heteroatoms. The summed E-state index contributed by atoms with van der Waals surface area (Å²) in [5.74, 6) is 0. The highest BCUT2D eigenvalue weighted by Crippen LogP contribution is 2.23. The summed E-state index contributed by atoms with van der Waals surface area (Å²) in [6.07, 6.45) is 0. The van der Waals surface area contributed by atoms with Crippen LogP contribution in [0.4, 0.5) is 0 Å². The lowest BCUT2D eigenvalue weighted by molar-refractivity contribution is 0.574. The standard InChI is InChI=1S/C15H15BrClN/c1-11(13-7-3-5-9-15(13)17)18-10-12-6-2-4-8-14(12)16/h2-9,11,18H,10H2,1H3. The van der Waals surface area contributed by atoms with E-state index in [0.29, 0.717) is 0 Å². The molecule has 0 heterocycles. The molecule has 0 aromatic heterocycles. The van der Waals surface area contributed by atoms with Gasteiger partial charge in [0.1, 0.15) is 0 Å². The van der Waals surface area contributed by atoms with Crippen LogP contribution in [-0.2, 0) is 6.54 Å². The maximum Gasteiger partial charge on any atom is 0.0453 e. The summed E-state index contributed by atoms with van der Waals surface area (Å²) in [6.45, 7) is 2.94. The minimum Gasteiger partial charge on any atom is -0.306 e. The van der Waals surface area contributed by atoms with Gasteiger partial charge in [-0.15, -0.1) is 0 Å². The zero-order chi connectivity index (χ0) is 13.0. The van der Waals surface area contributed by atoms with Crippen molar-refractivity contribution in [3.8, 4) is 0 Å². The van der Waals surface area contributed by atoms with Crippen LogP contribution >= 0.6 is 27.5 Å². The third-order valence-corrected chi connectivity index (χ3v) is 4.05. The number of nitrogens with one attached hydrogen (secondary N) is 1. The minimum absolute atomic E-state index is 0.228. The monoisotopic (exact) mass is 323 g/mol. The van der Waals surface area contributed by atoms with Crippen LogP contribution in [0.1, 0.15) is 24.1 Å². The Balaban J connectivity index is 2.03. The minimum atomic E-state index is 0.228. The molecule has 1 nitrogen and oxygen atoms in total. The number of hydrogen-bond acceptors (Lipinski definition) is 1. The smallest absolute Gasteiger partial charge is 0.0453 e. The first kappa shape index (κ1) is 13.6. The number of hydrogen-bond donors (Lipinski definition) is 1. The van der Waals surface area contributed by atoms with Gasteiger partial charge in [0.25, 0.3) is 0 Å². The van der Waals surface area contributed by atoms with Crippen molar-refractivity contribution in [3.63, 3.8) is 0 Å². The lowest BCUT2D eigenvalue weighted by Crippen LogP contribution is -2.18. The summed E-state index contributed by atoms with van der Waals surface area (Å²) in [6, 6.07) is 16.4. The zero-order valence-corrected chi connectivity index (χ0v) is 12.5. The second-order valence-corrected chi connectivity index (χ2v) is 5.48. The molecular formula is C15H15BrClN. The van der Waals surface area contributed by atoms with E-state index in [9.17, 15) is 0 Å². The quantitative estimate of drug-likeness (QED) is 0.838. The first-order chi connectivity index (χ1) is 8.68. The molecule has 0 bridgehead atoms. The maximum atomic E-state index is 6.18. The molecule has 1 unspecified atom stereocenters. The summed E-state index contributed by atoms with van der Waals surface area (Å²) < 4.78 is 1.13. The van der Waals surface area contributed by atoms with E-state index in [4.69, 9.17) is 11.6 Å². The van der Waals surface area contributed by atoms with Gasteiger partial charge in [-0.2, -0.15) is 0 Å². The molecule has 0 radical (unpaired) electrons. The predicted octanol–water partition coefficient (Wildman–Crippen LogP) is 4.95. The normalized spacial score (nSPS) is 12.4. The van der Waals surface area contributed by atoms with Crippen molar-refractivity contribution in [2.45, 2.75) is 19.5 Å². The Labute approximate surface area is 121 Å². The van der Waals surface area contributed by atoms with Crippen LogP contribution in [0.25, 0.3) is 0 Å². The molecule has 0 amide bonds. The van der Waals surface area contributed by atoms with Gasteiger partial charge in [-0.25, -0.2) is 0 Å². The SMILES string of the molecule is CC(NCc1ccccc1Br)c1ccccc1Cl. The summed E-state index contributed by atoms with van der Waals surface area (Å²) in [4.78, 5) is 0. The van der Waals surface area contributed by atoms with Crippen LogP contribution in [0.15, 0.2) is 53.0 Å². The molecule has 0 saturated heterocycles. The van der Waals surface area contributed by atoms with E-state index in [1.54, 1.807) is 0 Å². The highest BCUT2D eigenvalue weighted by atomic mass is 79.9. The molecular weight excluding hydrogens is 310 g/mol. The molecule has 0 fully saturated rings. The van der Waals surface area contributed by atoms with Crippen LogP contribution in [0.2, 0.25) is 5.02 Å². The van der Waals surface area contributed by atoms with Gasteiger partial charge in [-0.3, -0.25) is 0 Å². The van der Waals surface area contributed by atoms with Crippen molar-refractivity contribution in [2.75, 3.05) is 0 Å². The van der Waals surface area contributed by atoms with Crippen molar-refractivity contribution >= 4 is 27.5 Å². The predicted molar refractivity (Wildman–Crippen MR) is 80.8 cm³/mol. The van der Waals surface area contributed by atoms with Crippen molar-refractivity contribution < 1.29 is 0 Å². The topological polar surface area (TPSA) is 12.0 Å². The molecule has 1 atom stereocenters. The fraction of sp³-hybridized carbons (Fsp3) is 0.200. The highest BCUT2D eigenvalue weighted by Gasteiger charge is 2.08. The zero-order valence-electron chi connectivity index (χ0n) is 10.2. The summed E-state index contributed by atoms with van der Waals surface area (Å²) in [7, 11) is 0. The van der Waals surface area contributed by atoms with E-state index in [2.05, 4.69) is 46.4 Å². The molecule has 94 valence electrons. The van der Waals surface area contributed by atoms with Gasteiger partial charge in [0.2, 0.25) is 0 Å². The van der Waals surface area contributed by atoms with Crippen LogP contribution < -0.4 is 5.32 Å². The lowest BCUT2D eigenvalue weighted by Gasteiger charge is -2.16. The first-order valence-corrected chi connectivity index (χ1v) is 7.07. The molecule has 18 heavy (non-hydrogen) atoms. The first-order valence-electron chi connectivity index (χ1n) is 5.89. The Morgan fingerprint density at radius 3 is 2.50 bits per heavy atom. The van der Waals surface area contributed by atoms with E-state index < -0.39 is 0 Å². The highest BCUT2D eigenvalue weighted by molar-refractivity contribution is 9.10. The van der Waals surface area contributed by atoms with E-state index in [1.165, 1.54) is 5.56 Å². The number of halogens is 2. The van der Waals surface area contributed by atoms with Gasteiger partial charge in [-0.1, -0.05) is 63.9 Å². The van der Waals surface area contributed by atoms with Crippen molar-refractivity contribution in [1.82, 2.24) is 5.32 Å². The Morgan fingerprint density at radius 2 is 1.78 bits per heavy atom. The molecule has 0 saturated carbocycles. The molecule has 0 aliphatic heterocycles. The Hall–Kier alpha value is -0.830. The largest absolute Gasteiger partial charge is 0.306 e. The molecule has 0 spiro atoms. The van der Waals surface area contributed by atoms with Gasteiger partial charge in [0, 0.05) is 22.1 Å². The maximum absolute atomic E-state index is 6.18. The average Bonchev–Trinajstić information content (AvgIpc) is 2.38. The van der Waals surface area contributed by atoms with Gasteiger partial charge >= 0.3 is 0 Å². The van der Waals surface area contributed by atoms with Crippen molar-refractivity contribution in [2.24, 2.45) is 0 Å². The fourth-order valence-corrected chi connectivity index (χ4v) is 2.57. The molecule has 0 aliphatic rings. The second kappa shape index (κ2) is 6.37. The lowest BCUT2D eigenvalue weighted by atomic mass is 10.1. The van der Waals surface area contributed by atoms with Crippen LogP contribution in [0.3, 0.4) is 0 Å². The molecule has 1 N–H and O–H groups in total. The Kier molecular flexibility index (Phi) is 4.81. The van der Waals surface area contributed by atoms with Crippen molar-refractivity contribution in [1.29, 1.82) is 0 Å². The van der Waals surface area contributed by atoms with Crippen LogP contribution in [0.5, 0.6) is 0 Å². The molecule has 2 rings (SSSR count). The molecule has 2 aromatic carbocycles.